The number of ether oxygens (including phenoxy) is 2. The van der Waals surface area contributed by atoms with Crippen LogP contribution in [0.25, 0.3) is 11.3 Å². The summed E-state index contributed by atoms with van der Waals surface area (Å²) in [5.41, 5.74) is 8.91. The van der Waals surface area contributed by atoms with E-state index in [4.69, 9.17) is 15.2 Å². The second-order valence-electron chi connectivity index (χ2n) is 12.0. The Labute approximate surface area is 248 Å². The number of aromatic carboxylic acids is 1. The molecule has 4 N–H and O–H groups in total. The molecule has 2 aromatic heterocycles. The van der Waals surface area contributed by atoms with E-state index in [1.807, 2.05) is 32.0 Å². The number of anilines is 1. The van der Waals surface area contributed by atoms with Gasteiger partial charge in [-0.25, -0.2) is 19.2 Å². The van der Waals surface area contributed by atoms with E-state index < -0.39 is 34.8 Å². The van der Waals surface area contributed by atoms with Crippen LogP contribution in [0.3, 0.4) is 0 Å². The van der Waals surface area contributed by atoms with Crippen LogP contribution in [0.15, 0.2) is 35.4 Å². The van der Waals surface area contributed by atoms with Gasteiger partial charge in [-0.15, -0.1) is 0 Å². The number of aryl methyl sites for hydroxylation is 2. The zero-order valence-electron chi connectivity index (χ0n) is 25.3. The van der Waals surface area contributed by atoms with Crippen molar-refractivity contribution in [1.29, 1.82) is 0 Å². The van der Waals surface area contributed by atoms with Gasteiger partial charge in [-0.05, 0) is 43.4 Å². The lowest BCUT2D eigenvalue weighted by Gasteiger charge is -2.17. The largest absolute Gasteiger partial charge is 0.476 e. The Kier molecular flexibility index (Phi) is 10.9. The number of sulfonamides is 1. The first-order valence-electron chi connectivity index (χ1n) is 13.8. The second-order valence-corrected chi connectivity index (χ2v) is 19.3. The molecule has 1 aromatic carbocycles. The minimum absolute atomic E-state index is 0.147. The lowest BCUT2D eigenvalue weighted by atomic mass is 10.00. The normalized spacial score (nSPS) is 12.9. The number of carboxylic acids is 1. The third-order valence-corrected chi connectivity index (χ3v) is 9.37. The maximum Gasteiger partial charge on any atom is 0.356 e. The standard InChI is InChI=1S/C28H42N6O6SSi/c1-18(2)13-21(29)16-40-24-14-22(26-19(3)9-8-10-20(26)4)30-28(31-24)33-41(37,38)25-15-23(27(35)36)32-34(25)17-39-11-12-42(5,6)7/h8-10,14-15,18,21H,11-13,16-17,29H2,1-7H3,(H,35,36)(H,30,31,33)/t21-/m1/s1. The van der Waals surface area contributed by atoms with E-state index in [0.717, 1.165) is 39.9 Å². The number of hydrogen-bond donors (Lipinski definition) is 3. The summed E-state index contributed by atoms with van der Waals surface area (Å²) >= 11 is 0. The highest BCUT2D eigenvalue weighted by atomic mass is 32.2. The van der Waals surface area contributed by atoms with Gasteiger partial charge in [0.2, 0.25) is 11.8 Å². The molecular weight excluding hydrogens is 576 g/mol. The Hall–Kier alpha value is -3.33. The number of nitrogens with two attached hydrogens (primary N) is 1. The van der Waals surface area contributed by atoms with Crippen LogP contribution in [0.2, 0.25) is 25.7 Å². The van der Waals surface area contributed by atoms with E-state index in [1.165, 1.54) is 0 Å². The maximum absolute atomic E-state index is 13.6. The number of nitrogens with one attached hydrogen (secondary N) is 1. The molecule has 0 fully saturated rings. The van der Waals surface area contributed by atoms with Crippen LogP contribution in [0.5, 0.6) is 5.88 Å². The lowest BCUT2D eigenvalue weighted by Crippen LogP contribution is -2.29. The van der Waals surface area contributed by atoms with E-state index in [9.17, 15) is 18.3 Å². The van der Waals surface area contributed by atoms with E-state index in [1.54, 1.807) is 6.07 Å². The van der Waals surface area contributed by atoms with Crippen molar-refractivity contribution in [3.05, 3.63) is 47.2 Å². The summed E-state index contributed by atoms with van der Waals surface area (Å²) in [4.78, 5) is 20.4. The van der Waals surface area contributed by atoms with Gasteiger partial charge in [0.25, 0.3) is 10.0 Å². The molecule has 0 aliphatic carbocycles. The van der Waals surface area contributed by atoms with Crippen molar-refractivity contribution in [1.82, 2.24) is 19.7 Å². The fourth-order valence-corrected chi connectivity index (χ4v) is 6.10. The molecule has 230 valence electrons. The molecule has 0 aliphatic rings. The van der Waals surface area contributed by atoms with Crippen molar-refractivity contribution in [2.24, 2.45) is 11.7 Å². The highest BCUT2D eigenvalue weighted by molar-refractivity contribution is 7.92. The van der Waals surface area contributed by atoms with E-state index in [-0.39, 0.29) is 31.2 Å². The predicted octanol–water partition coefficient (Wildman–Crippen LogP) is 4.52. The van der Waals surface area contributed by atoms with Crippen molar-refractivity contribution >= 4 is 30.0 Å². The van der Waals surface area contributed by atoms with Gasteiger partial charge in [0.1, 0.15) is 13.3 Å². The van der Waals surface area contributed by atoms with Gasteiger partial charge in [-0.2, -0.15) is 18.5 Å². The summed E-state index contributed by atoms with van der Waals surface area (Å²) in [6.45, 7) is 14.9. The van der Waals surface area contributed by atoms with Gasteiger partial charge in [-0.3, -0.25) is 0 Å². The van der Waals surface area contributed by atoms with E-state index in [2.05, 4.69) is 53.3 Å². The van der Waals surface area contributed by atoms with Crippen molar-refractivity contribution < 1.29 is 27.8 Å². The molecular formula is C28H42N6O6SSi. The topological polar surface area (TPSA) is 172 Å². The van der Waals surface area contributed by atoms with Crippen LogP contribution < -0.4 is 15.2 Å². The van der Waals surface area contributed by atoms with Crippen molar-refractivity contribution in [2.45, 2.75) is 77.6 Å². The summed E-state index contributed by atoms with van der Waals surface area (Å²) in [6, 6.07) is 9.02. The molecule has 12 nitrogen and oxygen atoms in total. The van der Waals surface area contributed by atoms with Gasteiger partial charge < -0.3 is 20.3 Å². The minimum atomic E-state index is -4.39. The summed E-state index contributed by atoms with van der Waals surface area (Å²) in [7, 11) is -5.79. The average Bonchev–Trinajstić information content (AvgIpc) is 3.30. The monoisotopic (exact) mass is 618 g/mol. The van der Waals surface area contributed by atoms with Crippen molar-refractivity contribution in [2.75, 3.05) is 17.9 Å². The van der Waals surface area contributed by atoms with Crippen molar-refractivity contribution in [3.63, 3.8) is 0 Å². The summed E-state index contributed by atoms with van der Waals surface area (Å²) < 4.78 is 42.1. The third kappa shape index (κ3) is 9.34. The number of nitrogens with zero attached hydrogens (tertiary/aromatic N) is 4. The van der Waals surface area contributed by atoms with Gasteiger partial charge in [0.05, 0.1) is 5.69 Å². The molecule has 42 heavy (non-hydrogen) atoms. The highest BCUT2D eigenvalue weighted by Gasteiger charge is 2.26. The number of aromatic nitrogens is 4. The molecule has 14 heteroatoms. The summed E-state index contributed by atoms with van der Waals surface area (Å²) in [5, 5.41) is 13.0. The van der Waals surface area contributed by atoms with Crippen LogP contribution >= 0.6 is 0 Å². The van der Waals surface area contributed by atoms with Gasteiger partial charge in [0, 0.05) is 38.4 Å². The highest BCUT2D eigenvalue weighted by Crippen LogP contribution is 2.29. The predicted molar refractivity (Wildman–Crippen MR) is 164 cm³/mol. The molecule has 3 aromatic rings. The second kappa shape index (κ2) is 13.8. The summed E-state index contributed by atoms with van der Waals surface area (Å²) in [5.74, 6) is -1.09. The Bertz CT molecular complexity index is 1480. The fourth-order valence-electron chi connectivity index (χ4n) is 4.27. The molecule has 0 spiro atoms. The Morgan fingerprint density at radius 2 is 1.81 bits per heavy atom. The molecule has 0 aliphatic heterocycles. The third-order valence-electron chi connectivity index (χ3n) is 6.33. The molecule has 0 saturated heterocycles. The number of carbonyl (C=O) groups is 1. The number of hydrogen-bond acceptors (Lipinski definition) is 9. The van der Waals surface area contributed by atoms with Crippen LogP contribution in [-0.2, 0) is 21.5 Å². The molecule has 0 unspecified atom stereocenters. The Morgan fingerprint density at radius 1 is 1.14 bits per heavy atom. The first-order valence-corrected chi connectivity index (χ1v) is 19.0. The molecule has 0 bridgehead atoms. The zero-order chi connectivity index (χ0) is 31.2. The van der Waals surface area contributed by atoms with Crippen LogP contribution in [-0.4, -0.2) is 66.6 Å². The quantitative estimate of drug-likeness (QED) is 0.162. The molecule has 2 heterocycles. The van der Waals surface area contributed by atoms with Crippen LogP contribution in [0, 0.1) is 19.8 Å². The first kappa shape index (κ1) is 33.2. The molecule has 0 amide bonds. The number of carboxylic acid groups (broad SMARTS) is 1. The SMILES string of the molecule is Cc1cccc(C)c1-c1cc(OC[C@H](N)CC(C)C)nc(NS(=O)(=O)c2cc(C(=O)O)nn2COCC[Si](C)(C)C)n1. The average molecular weight is 619 g/mol. The van der Waals surface area contributed by atoms with Gasteiger partial charge >= 0.3 is 5.97 Å². The Balaban J connectivity index is 1.98. The number of benzene rings is 1. The van der Waals surface area contributed by atoms with E-state index in [0.29, 0.717) is 18.2 Å². The van der Waals surface area contributed by atoms with Crippen molar-refractivity contribution in [3.8, 4) is 17.1 Å². The van der Waals surface area contributed by atoms with Crippen LogP contribution in [0.1, 0.15) is 41.9 Å². The lowest BCUT2D eigenvalue weighted by molar-refractivity contribution is 0.0658. The van der Waals surface area contributed by atoms with Crippen LogP contribution in [0.4, 0.5) is 5.95 Å². The van der Waals surface area contributed by atoms with Gasteiger partial charge in [0.15, 0.2) is 10.7 Å². The molecule has 0 saturated carbocycles. The van der Waals surface area contributed by atoms with E-state index >= 15 is 0 Å². The zero-order valence-corrected chi connectivity index (χ0v) is 27.2. The molecule has 1 atom stereocenters. The molecule has 3 rings (SSSR count). The maximum atomic E-state index is 13.6. The molecule has 0 radical (unpaired) electrons. The first-order chi connectivity index (χ1) is 19.6. The summed E-state index contributed by atoms with van der Waals surface area (Å²) in [6.07, 6.45) is 0.740. The van der Waals surface area contributed by atoms with Gasteiger partial charge in [-0.1, -0.05) is 51.7 Å². The number of rotatable bonds is 15. The fraction of sp³-hybridized carbons (Fsp3) is 0.500. The Morgan fingerprint density at radius 3 is 2.40 bits per heavy atom. The smallest absolute Gasteiger partial charge is 0.356 e. The minimum Gasteiger partial charge on any atom is -0.476 e.